The molecule has 1 heterocycles. The summed E-state index contributed by atoms with van der Waals surface area (Å²) in [5.74, 6) is 0.662. The summed E-state index contributed by atoms with van der Waals surface area (Å²) in [5, 5.41) is 12.9. The van der Waals surface area contributed by atoms with Gasteiger partial charge in [-0.25, -0.2) is 4.39 Å². The molecule has 1 fully saturated rings. The van der Waals surface area contributed by atoms with Crippen LogP contribution >= 0.6 is 0 Å². The van der Waals surface area contributed by atoms with E-state index in [1.54, 1.807) is 12.1 Å². The summed E-state index contributed by atoms with van der Waals surface area (Å²) in [6, 6.07) is 6.80. The van der Waals surface area contributed by atoms with Crippen molar-refractivity contribution in [2.75, 3.05) is 44.7 Å². The molecule has 1 aliphatic rings. The van der Waals surface area contributed by atoms with Crippen molar-refractivity contribution in [2.24, 2.45) is 4.99 Å². The average Bonchev–Trinajstić information content (AvgIpc) is 2.97. The van der Waals surface area contributed by atoms with Gasteiger partial charge in [0.05, 0.1) is 11.8 Å². The standard InChI is InChI=1S/C17H27FN4O/c1-3-19-17(22-12-9-14(23)13-22)20-10-6-11-21(2)16-8-5-4-7-15(16)18/h4-5,7-8,14,23H,3,6,9-13H2,1-2H3,(H,19,20)/t14-/m1/s1. The molecular weight excluding hydrogens is 295 g/mol. The largest absolute Gasteiger partial charge is 0.391 e. The number of halogens is 1. The van der Waals surface area contributed by atoms with Gasteiger partial charge in [-0.1, -0.05) is 12.1 Å². The van der Waals surface area contributed by atoms with Crippen molar-refractivity contribution in [2.45, 2.75) is 25.9 Å². The minimum Gasteiger partial charge on any atom is -0.391 e. The number of aliphatic imine (C=N–C) groups is 1. The molecule has 6 heteroatoms. The predicted octanol–water partition coefficient (Wildman–Crippen LogP) is 1.68. The van der Waals surface area contributed by atoms with Crippen LogP contribution in [0.15, 0.2) is 29.3 Å². The average molecular weight is 322 g/mol. The maximum absolute atomic E-state index is 13.7. The molecule has 0 bridgehead atoms. The minimum atomic E-state index is -0.258. The fourth-order valence-electron chi connectivity index (χ4n) is 2.73. The highest BCUT2D eigenvalue weighted by Gasteiger charge is 2.22. The van der Waals surface area contributed by atoms with Crippen molar-refractivity contribution in [3.63, 3.8) is 0 Å². The van der Waals surface area contributed by atoms with E-state index in [0.717, 1.165) is 38.4 Å². The molecule has 23 heavy (non-hydrogen) atoms. The van der Waals surface area contributed by atoms with Gasteiger partial charge in [-0.3, -0.25) is 4.99 Å². The van der Waals surface area contributed by atoms with Crippen LogP contribution in [-0.4, -0.2) is 61.8 Å². The molecule has 1 aromatic carbocycles. The Morgan fingerprint density at radius 1 is 1.48 bits per heavy atom. The van der Waals surface area contributed by atoms with Crippen molar-refractivity contribution < 1.29 is 9.50 Å². The second-order valence-electron chi connectivity index (χ2n) is 5.85. The maximum Gasteiger partial charge on any atom is 0.194 e. The quantitative estimate of drug-likeness (QED) is 0.475. The molecule has 1 aromatic rings. The SMILES string of the molecule is CCNC(=NCCCN(C)c1ccccc1F)N1CC[C@@H](O)C1. The first-order valence-corrected chi connectivity index (χ1v) is 8.28. The number of β-amino-alcohol motifs (C(OH)–C–C–N with tert-alkyl or cyclic N) is 1. The Labute approximate surface area is 137 Å². The molecule has 128 valence electrons. The minimum absolute atomic E-state index is 0.196. The molecule has 2 N–H and O–H groups in total. The highest BCUT2D eigenvalue weighted by atomic mass is 19.1. The topological polar surface area (TPSA) is 51.1 Å². The first-order chi connectivity index (χ1) is 11.1. The zero-order valence-electron chi connectivity index (χ0n) is 14.0. The first-order valence-electron chi connectivity index (χ1n) is 8.28. The summed E-state index contributed by atoms with van der Waals surface area (Å²) in [4.78, 5) is 8.62. The highest BCUT2D eigenvalue weighted by Crippen LogP contribution is 2.17. The number of hydrogen-bond donors (Lipinski definition) is 2. The van der Waals surface area contributed by atoms with Gasteiger partial charge in [0.25, 0.3) is 0 Å². The van der Waals surface area contributed by atoms with Gasteiger partial charge >= 0.3 is 0 Å². The lowest BCUT2D eigenvalue weighted by Gasteiger charge is -2.22. The molecule has 0 radical (unpaired) electrons. The molecule has 0 saturated carbocycles. The lowest BCUT2D eigenvalue weighted by molar-refractivity contribution is 0.188. The van der Waals surface area contributed by atoms with Crippen molar-refractivity contribution in [3.8, 4) is 0 Å². The van der Waals surface area contributed by atoms with Crippen LogP contribution in [0.4, 0.5) is 10.1 Å². The third-order valence-corrected chi connectivity index (χ3v) is 3.97. The Kier molecular flexibility index (Phi) is 6.65. The normalized spacial score (nSPS) is 18.3. The van der Waals surface area contributed by atoms with Crippen LogP contribution in [0.5, 0.6) is 0 Å². The molecule has 0 aromatic heterocycles. The molecule has 5 nitrogen and oxygen atoms in total. The molecule has 2 rings (SSSR count). The number of rotatable bonds is 6. The van der Waals surface area contributed by atoms with E-state index in [0.29, 0.717) is 18.8 Å². The van der Waals surface area contributed by atoms with Crippen LogP contribution in [0.1, 0.15) is 19.8 Å². The van der Waals surface area contributed by atoms with Gasteiger partial charge in [-0.15, -0.1) is 0 Å². The highest BCUT2D eigenvalue weighted by molar-refractivity contribution is 5.80. The summed E-state index contributed by atoms with van der Waals surface area (Å²) in [5.41, 5.74) is 0.617. The summed E-state index contributed by atoms with van der Waals surface area (Å²) in [6.45, 7) is 5.73. The molecule has 0 amide bonds. The fourth-order valence-corrected chi connectivity index (χ4v) is 2.73. The number of nitrogens with zero attached hydrogens (tertiary/aromatic N) is 3. The molecule has 0 unspecified atom stereocenters. The number of aliphatic hydroxyl groups is 1. The molecule has 1 aliphatic heterocycles. The number of anilines is 1. The number of para-hydroxylation sites is 1. The Morgan fingerprint density at radius 3 is 2.91 bits per heavy atom. The van der Waals surface area contributed by atoms with Crippen molar-refractivity contribution in [1.82, 2.24) is 10.2 Å². The van der Waals surface area contributed by atoms with Crippen LogP contribution in [0, 0.1) is 5.82 Å². The second kappa shape index (κ2) is 8.72. The van der Waals surface area contributed by atoms with Crippen LogP contribution in [0.3, 0.4) is 0 Å². The zero-order chi connectivity index (χ0) is 16.7. The predicted molar refractivity (Wildman–Crippen MR) is 92.5 cm³/mol. The van der Waals surface area contributed by atoms with E-state index in [-0.39, 0.29) is 11.9 Å². The smallest absolute Gasteiger partial charge is 0.194 e. The van der Waals surface area contributed by atoms with E-state index in [1.165, 1.54) is 6.07 Å². The van der Waals surface area contributed by atoms with E-state index in [2.05, 4.69) is 15.2 Å². The van der Waals surface area contributed by atoms with Gasteiger partial charge in [-0.05, 0) is 31.9 Å². The van der Waals surface area contributed by atoms with Gasteiger partial charge in [0.15, 0.2) is 5.96 Å². The zero-order valence-corrected chi connectivity index (χ0v) is 14.0. The summed E-state index contributed by atoms with van der Waals surface area (Å²) in [6.07, 6.45) is 1.38. The fraction of sp³-hybridized carbons (Fsp3) is 0.588. The molecule has 1 atom stereocenters. The molecule has 0 spiro atoms. The lowest BCUT2D eigenvalue weighted by Crippen LogP contribution is -2.40. The lowest BCUT2D eigenvalue weighted by atomic mass is 10.2. The summed E-state index contributed by atoms with van der Waals surface area (Å²) in [7, 11) is 1.89. The third kappa shape index (κ3) is 5.10. The Bertz CT molecular complexity index is 523. The first kappa shape index (κ1) is 17.5. The van der Waals surface area contributed by atoms with Crippen molar-refractivity contribution >= 4 is 11.6 Å². The number of aliphatic hydroxyl groups excluding tert-OH is 1. The van der Waals surface area contributed by atoms with Crippen LogP contribution in [-0.2, 0) is 0 Å². The van der Waals surface area contributed by atoms with Crippen LogP contribution in [0.2, 0.25) is 0 Å². The molecule has 1 saturated heterocycles. The summed E-state index contributed by atoms with van der Waals surface area (Å²) >= 11 is 0. The van der Waals surface area contributed by atoms with E-state index >= 15 is 0 Å². The molecule has 0 aliphatic carbocycles. The maximum atomic E-state index is 13.7. The van der Waals surface area contributed by atoms with Gasteiger partial charge < -0.3 is 20.2 Å². The number of guanidine groups is 1. The van der Waals surface area contributed by atoms with Crippen LogP contribution in [0.25, 0.3) is 0 Å². The van der Waals surface area contributed by atoms with E-state index < -0.39 is 0 Å². The number of likely N-dealkylation sites (tertiary alicyclic amines) is 1. The van der Waals surface area contributed by atoms with Gasteiger partial charge in [0.2, 0.25) is 0 Å². The third-order valence-electron chi connectivity index (χ3n) is 3.97. The van der Waals surface area contributed by atoms with E-state index in [9.17, 15) is 9.50 Å². The van der Waals surface area contributed by atoms with Crippen molar-refractivity contribution in [1.29, 1.82) is 0 Å². The number of benzene rings is 1. The monoisotopic (exact) mass is 322 g/mol. The van der Waals surface area contributed by atoms with E-state index in [1.807, 2.05) is 24.9 Å². The van der Waals surface area contributed by atoms with E-state index in [4.69, 9.17) is 0 Å². The number of nitrogens with one attached hydrogen (secondary N) is 1. The molecular formula is C17H27FN4O. The Morgan fingerprint density at radius 2 is 2.26 bits per heavy atom. The second-order valence-corrected chi connectivity index (χ2v) is 5.85. The van der Waals surface area contributed by atoms with Gasteiger partial charge in [0.1, 0.15) is 5.82 Å². The van der Waals surface area contributed by atoms with Gasteiger partial charge in [-0.2, -0.15) is 0 Å². The Hall–Kier alpha value is -1.82. The Balaban J connectivity index is 1.83. The van der Waals surface area contributed by atoms with Crippen LogP contribution < -0.4 is 10.2 Å². The van der Waals surface area contributed by atoms with Gasteiger partial charge in [0, 0.05) is 39.8 Å². The number of hydrogen-bond acceptors (Lipinski definition) is 3. The summed E-state index contributed by atoms with van der Waals surface area (Å²) < 4.78 is 13.7. The van der Waals surface area contributed by atoms with Crippen molar-refractivity contribution in [3.05, 3.63) is 30.1 Å².